The summed E-state index contributed by atoms with van der Waals surface area (Å²) in [5.74, 6) is 0.603. The third-order valence-corrected chi connectivity index (χ3v) is 2.84. The average molecular weight is 272 g/mol. The number of esters is 1. The van der Waals surface area contributed by atoms with Crippen LogP contribution in [0.3, 0.4) is 0 Å². The summed E-state index contributed by atoms with van der Waals surface area (Å²) in [6.45, 7) is 0.222. The van der Waals surface area contributed by atoms with Crippen LogP contribution in [0.15, 0.2) is 48.5 Å². The maximum absolute atomic E-state index is 12.1. The van der Waals surface area contributed by atoms with E-state index in [0.29, 0.717) is 17.1 Å². The molecular formula is C16H16O4. The molecule has 0 aliphatic heterocycles. The first-order valence-electron chi connectivity index (χ1n) is 6.17. The van der Waals surface area contributed by atoms with Gasteiger partial charge in [-0.1, -0.05) is 30.3 Å². The van der Waals surface area contributed by atoms with Crippen LogP contribution in [-0.2, 0) is 11.3 Å². The summed E-state index contributed by atoms with van der Waals surface area (Å²) in [5, 5.41) is 0. The lowest BCUT2D eigenvalue weighted by Crippen LogP contribution is -2.07. The summed E-state index contributed by atoms with van der Waals surface area (Å²) in [4.78, 5) is 12.1. The van der Waals surface area contributed by atoms with Gasteiger partial charge in [-0.05, 0) is 23.8 Å². The highest BCUT2D eigenvalue weighted by Crippen LogP contribution is 2.24. The Morgan fingerprint density at radius 1 is 1.00 bits per heavy atom. The number of hydrogen-bond acceptors (Lipinski definition) is 4. The summed E-state index contributed by atoms with van der Waals surface area (Å²) in [5.41, 5.74) is 1.28. The van der Waals surface area contributed by atoms with Crippen molar-refractivity contribution in [1.82, 2.24) is 0 Å². The molecule has 0 aliphatic rings. The Labute approximate surface area is 117 Å². The van der Waals surface area contributed by atoms with Gasteiger partial charge in [0.05, 0.1) is 14.2 Å². The minimum absolute atomic E-state index is 0.222. The van der Waals surface area contributed by atoms with E-state index in [0.717, 1.165) is 5.56 Å². The van der Waals surface area contributed by atoms with Gasteiger partial charge in [0, 0.05) is 0 Å². The van der Waals surface area contributed by atoms with Gasteiger partial charge in [0.1, 0.15) is 23.7 Å². The minimum atomic E-state index is -0.440. The standard InChI is InChI=1S/C16H16O4/c1-18-13-8-9-15(19-2)14(10-13)16(17)20-11-12-6-4-3-5-7-12/h3-10H,11H2,1-2H3. The second-order valence-corrected chi connectivity index (χ2v) is 4.13. The number of carbonyl (C=O) groups excluding carboxylic acids is 1. The first-order valence-corrected chi connectivity index (χ1v) is 6.17. The summed E-state index contributed by atoms with van der Waals surface area (Å²) in [6.07, 6.45) is 0. The van der Waals surface area contributed by atoms with E-state index in [2.05, 4.69) is 0 Å². The van der Waals surface area contributed by atoms with E-state index < -0.39 is 5.97 Å². The lowest BCUT2D eigenvalue weighted by Gasteiger charge is -2.10. The van der Waals surface area contributed by atoms with E-state index in [4.69, 9.17) is 14.2 Å². The molecule has 0 unspecified atom stereocenters. The molecule has 0 saturated carbocycles. The van der Waals surface area contributed by atoms with Crippen LogP contribution in [0.25, 0.3) is 0 Å². The van der Waals surface area contributed by atoms with Crippen molar-refractivity contribution < 1.29 is 19.0 Å². The Bertz CT molecular complexity index is 578. The van der Waals surface area contributed by atoms with Crippen LogP contribution in [0.1, 0.15) is 15.9 Å². The molecule has 4 nitrogen and oxygen atoms in total. The van der Waals surface area contributed by atoms with E-state index in [1.807, 2.05) is 30.3 Å². The highest BCUT2D eigenvalue weighted by molar-refractivity contribution is 5.93. The van der Waals surface area contributed by atoms with Crippen molar-refractivity contribution in [2.24, 2.45) is 0 Å². The molecule has 0 N–H and O–H groups in total. The van der Waals surface area contributed by atoms with Crippen molar-refractivity contribution in [3.63, 3.8) is 0 Å². The second-order valence-electron chi connectivity index (χ2n) is 4.13. The number of methoxy groups -OCH3 is 2. The van der Waals surface area contributed by atoms with Crippen molar-refractivity contribution in [2.45, 2.75) is 6.61 Å². The molecule has 0 heterocycles. The fourth-order valence-electron chi connectivity index (χ4n) is 1.77. The monoisotopic (exact) mass is 272 g/mol. The summed E-state index contributed by atoms with van der Waals surface area (Å²) >= 11 is 0. The molecule has 2 rings (SSSR count). The molecule has 104 valence electrons. The van der Waals surface area contributed by atoms with E-state index in [1.165, 1.54) is 7.11 Å². The van der Waals surface area contributed by atoms with Crippen LogP contribution >= 0.6 is 0 Å². The first kappa shape index (κ1) is 13.9. The third-order valence-electron chi connectivity index (χ3n) is 2.84. The van der Waals surface area contributed by atoms with Gasteiger partial charge in [0.15, 0.2) is 0 Å². The Hall–Kier alpha value is -2.49. The Morgan fingerprint density at radius 2 is 1.75 bits per heavy atom. The van der Waals surface area contributed by atoms with Crippen molar-refractivity contribution >= 4 is 5.97 Å². The second kappa shape index (κ2) is 6.61. The van der Waals surface area contributed by atoms with E-state index >= 15 is 0 Å². The SMILES string of the molecule is COc1ccc(OC)c(C(=O)OCc2ccccc2)c1. The zero-order valence-corrected chi connectivity index (χ0v) is 11.5. The zero-order valence-electron chi connectivity index (χ0n) is 11.5. The fourth-order valence-corrected chi connectivity index (χ4v) is 1.77. The average Bonchev–Trinajstić information content (AvgIpc) is 2.52. The topological polar surface area (TPSA) is 44.8 Å². The third kappa shape index (κ3) is 3.29. The summed E-state index contributed by atoms with van der Waals surface area (Å²) < 4.78 is 15.5. The van der Waals surface area contributed by atoms with Crippen LogP contribution in [0, 0.1) is 0 Å². The minimum Gasteiger partial charge on any atom is -0.497 e. The Balaban J connectivity index is 2.12. The molecule has 0 aromatic heterocycles. The van der Waals surface area contributed by atoms with Gasteiger partial charge in [-0.25, -0.2) is 4.79 Å². The molecule has 0 spiro atoms. The zero-order chi connectivity index (χ0) is 14.4. The van der Waals surface area contributed by atoms with Gasteiger partial charge in [-0.2, -0.15) is 0 Å². The predicted molar refractivity (Wildman–Crippen MR) is 75.1 cm³/mol. The van der Waals surface area contributed by atoms with Crippen molar-refractivity contribution in [3.8, 4) is 11.5 Å². The fraction of sp³-hybridized carbons (Fsp3) is 0.188. The molecule has 0 radical (unpaired) electrons. The number of carbonyl (C=O) groups is 1. The molecule has 2 aromatic carbocycles. The van der Waals surface area contributed by atoms with E-state index in [9.17, 15) is 4.79 Å². The number of ether oxygens (including phenoxy) is 3. The van der Waals surface area contributed by atoms with Gasteiger partial charge in [0.2, 0.25) is 0 Å². The lowest BCUT2D eigenvalue weighted by atomic mass is 10.2. The van der Waals surface area contributed by atoms with Crippen LogP contribution in [0.5, 0.6) is 11.5 Å². The summed E-state index contributed by atoms with van der Waals surface area (Å²) in [6, 6.07) is 14.5. The molecule has 0 bridgehead atoms. The van der Waals surface area contributed by atoms with E-state index in [1.54, 1.807) is 25.3 Å². The maximum Gasteiger partial charge on any atom is 0.342 e. The first-order chi connectivity index (χ1) is 9.74. The normalized spacial score (nSPS) is 9.90. The molecule has 4 heteroatoms. The Morgan fingerprint density at radius 3 is 2.40 bits per heavy atom. The lowest BCUT2D eigenvalue weighted by molar-refractivity contribution is 0.0468. The van der Waals surface area contributed by atoms with Gasteiger partial charge >= 0.3 is 5.97 Å². The smallest absolute Gasteiger partial charge is 0.342 e. The predicted octanol–water partition coefficient (Wildman–Crippen LogP) is 3.06. The van der Waals surface area contributed by atoms with E-state index in [-0.39, 0.29) is 6.61 Å². The van der Waals surface area contributed by atoms with Crippen LogP contribution in [-0.4, -0.2) is 20.2 Å². The molecular weight excluding hydrogens is 256 g/mol. The van der Waals surface area contributed by atoms with Gasteiger partial charge in [-0.15, -0.1) is 0 Å². The molecule has 0 atom stereocenters. The molecule has 0 saturated heterocycles. The number of benzene rings is 2. The van der Waals surface area contributed by atoms with Crippen LogP contribution < -0.4 is 9.47 Å². The number of rotatable bonds is 5. The molecule has 0 fully saturated rings. The molecule has 0 amide bonds. The summed E-state index contributed by atoms with van der Waals surface area (Å²) in [7, 11) is 3.05. The van der Waals surface area contributed by atoms with Gasteiger partial charge in [0.25, 0.3) is 0 Å². The van der Waals surface area contributed by atoms with Crippen molar-refractivity contribution in [3.05, 3.63) is 59.7 Å². The number of hydrogen-bond donors (Lipinski definition) is 0. The molecule has 0 aliphatic carbocycles. The highest BCUT2D eigenvalue weighted by atomic mass is 16.5. The quantitative estimate of drug-likeness (QED) is 0.785. The van der Waals surface area contributed by atoms with Gasteiger partial charge < -0.3 is 14.2 Å². The van der Waals surface area contributed by atoms with Crippen LogP contribution in [0.4, 0.5) is 0 Å². The van der Waals surface area contributed by atoms with Crippen LogP contribution in [0.2, 0.25) is 0 Å². The Kier molecular flexibility index (Phi) is 4.60. The largest absolute Gasteiger partial charge is 0.497 e. The van der Waals surface area contributed by atoms with Crippen molar-refractivity contribution in [1.29, 1.82) is 0 Å². The highest BCUT2D eigenvalue weighted by Gasteiger charge is 2.15. The van der Waals surface area contributed by atoms with Crippen molar-refractivity contribution in [2.75, 3.05) is 14.2 Å². The molecule has 20 heavy (non-hydrogen) atoms. The van der Waals surface area contributed by atoms with Gasteiger partial charge in [-0.3, -0.25) is 0 Å². The molecule has 2 aromatic rings. The maximum atomic E-state index is 12.1.